The van der Waals surface area contributed by atoms with Gasteiger partial charge in [-0.05, 0) is 43.5 Å². The Balaban J connectivity index is 2.33. The zero-order valence-corrected chi connectivity index (χ0v) is 12.5. The standard InChI is InChI=1S/C15H16F6N2O/c16-14(17,18)11-5-10(6-12(7-11)15(19,20)21)13(24)23-3-1-9(8-22)2-4-23/h5-7,9H,1-4,8,22H2. The Morgan fingerprint density at radius 1 is 1.00 bits per heavy atom. The van der Waals surface area contributed by atoms with Gasteiger partial charge in [-0.3, -0.25) is 4.79 Å². The highest BCUT2D eigenvalue weighted by Gasteiger charge is 2.38. The lowest BCUT2D eigenvalue weighted by atomic mass is 9.96. The van der Waals surface area contributed by atoms with Gasteiger partial charge in [0.05, 0.1) is 11.1 Å². The first-order chi connectivity index (χ1) is 11.0. The van der Waals surface area contributed by atoms with Crippen LogP contribution >= 0.6 is 0 Å². The second-order valence-corrected chi connectivity index (χ2v) is 5.77. The van der Waals surface area contributed by atoms with Gasteiger partial charge in [0.25, 0.3) is 5.91 Å². The average molecular weight is 354 g/mol. The molecular weight excluding hydrogens is 338 g/mol. The van der Waals surface area contributed by atoms with Gasteiger partial charge in [0, 0.05) is 18.7 Å². The van der Waals surface area contributed by atoms with Crippen molar-refractivity contribution in [1.82, 2.24) is 4.90 Å². The minimum atomic E-state index is -4.97. The van der Waals surface area contributed by atoms with Crippen LogP contribution < -0.4 is 5.73 Å². The lowest BCUT2D eigenvalue weighted by Crippen LogP contribution is -2.40. The van der Waals surface area contributed by atoms with E-state index in [1.54, 1.807) is 0 Å². The van der Waals surface area contributed by atoms with Crippen molar-refractivity contribution < 1.29 is 31.1 Å². The molecule has 0 atom stereocenters. The Bertz CT molecular complexity index is 571. The van der Waals surface area contributed by atoms with Crippen LogP contribution in [0, 0.1) is 5.92 Å². The molecule has 9 heteroatoms. The van der Waals surface area contributed by atoms with Gasteiger partial charge in [-0.2, -0.15) is 26.3 Å². The molecule has 1 fully saturated rings. The van der Waals surface area contributed by atoms with Crippen LogP contribution in [0.5, 0.6) is 0 Å². The van der Waals surface area contributed by atoms with Crippen LogP contribution in [0.2, 0.25) is 0 Å². The van der Waals surface area contributed by atoms with E-state index in [2.05, 4.69) is 0 Å². The first kappa shape index (κ1) is 18.6. The van der Waals surface area contributed by atoms with E-state index in [1.165, 1.54) is 4.90 Å². The number of carbonyl (C=O) groups is 1. The number of nitrogens with zero attached hydrogens (tertiary/aromatic N) is 1. The molecule has 0 aliphatic carbocycles. The highest BCUT2D eigenvalue weighted by molar-refractivity contribution is 5.94. The van der Waals surface area contributed by atoms with Crippen LogP contribution in [0.1, 0.15) is 34.3 Å². The van der Waals surface area contributed by atoms with Crippen LogP contribution in [-0.4, -0.2) is 30.4 Å². The van der Waals surface area contributed by atoms with Crippen molar-refractivity contribution in [3.63, 3.8) is 0 Å². The van der Waals surface area contributed by atoms with E-state index < -0.39 is 35.0 Å². The Morgan fingerprint density at radius 2 is 1.46 bits per heavy atom. The first-order valence-electron chi connectivity index (χ1n) is 7.31. The van der Waals surface area contributed by atoms with Crippen molar-refractivity contribution >= 4 is 5.91 Å². The summed E-state index contributed by atoms with van der Waals surface area (Å²) in [6, 6.07) is 0.941. The number of benzene rings is 1. The van der Waals surface area contributed by atoms with Gasteiger partial charge in [0.15, 0.2) is 0 Å². The molecule has 24 heavy (non-hydrogen) atoms. The topological polar surface area (TPSA) is 46.3 Å². The molecule has 0 bridgehead atoms. The number of carbonyl (C=O) groups excluding carboxylic acids is 1. The number of halogens is 6. The predicted molar refractivity (Wildman–Crippen MR) is 74.1 cm³/mol. The molecular formula is C15H16F6N2O. The van der Waals surface area contributed by atoms with Crippen molar-refractivity contribution in [2.75, 3.05) is 19.6 Å². The molecule has 0 spiro atoms. The number of likely N-dealkylation sites (tertiary alicyclic amines) is 1. The molecule has 134 valence electrons. The van der Waals surface area contributed by atoms with Crippen molar-refractivity contribution in [2.24, 2.45) is 11.7 Å². The summed E-state index contributed by atoms with van der Waals surface area (Å²) in [5, 5.41) is 0. The molecule has 0 saturated carbocycles. The maximum Gasteiger partial charge on any atom is 0.416 e. The lowest BCUT2D eigenvalue weighted by Gasteiger charge is -2.31. The molecule has 2 N–H and O–H groups in total. The van der Waals surface area contributed by atoms with Crippen molar-refractivity contribution in [3.05, 3.63) is 34.9 Å². The molecule has 1 aliphatic rings. The fraction of sp³-hybridized carbons (Fsp3) is 0.533. The number of alkyl halides is 6. The van der Waals surface area contributed by atoms with Gasteiger partial charge < -0.3 is 10.6 Å². The van der Waals surface area contributed by atoms with Crippen molar-refractivity contribution in [1.29, 1.82) is 0 Å². The molecule has 1 aromatic carbocycles. The van der Waals surface area contributed by atoms with Gasteiger partial charge in [-0.15, -0.1) is 0 Å². The van der Waals surface area contributed by atoms with Gasteiger partial charge in [0.2, 0.25) is 0 Å². The van der Waals surface area contributed by atoms with Crippen molar-refractivity contribution in [3.8, 4) is 0 Å². The van der Waals surface area contributed by atoms with E-state index >= 15 is 0 Å². The lowest BCUT2D eigenvalue weighted by molar-refractivity contribution is -0.143. The average Bonchev–Trinajstić information content (AvgIpc) is 2.52. The fourth-order valence-corrected chi connectivity index (χ4v) is 2.63. The minimum Gasteiger partial charge on any atom is -0.339 e. The molecule has 1 heterocycles. The minimum absolute atomic E-state index is 0.0113. The van der Waals surface area contributed by atoms with Crippen LogP contribution in [0.25, 0.3) is 0 Å². The number of piperidine rings is 1. The van der Waals surface area contributed by atoms with Gasteiger partial charge in [-0.25, -0.2) is 0 Å². The van der Waals surface area contributed by atoms with E-state index in [0.717, 1.165) is 0 Å². The van der Waals surface area contributed by atoms with E-state index in [1.807, 2.05) is 0 Å². The maximum absolute atomic E-state index is 12.8. The molecule has 3 nitrogen and oxygen atoms in total. The van der Waals surface area contributed by atoms with Crippen LogP contribution in [0.15, 0.2) is 18.2 Å². The van der Waals surface area contributed by atoms with Gasteiger partial charge in [-0.1, -0.05) is 0 Å². The van der Waals surface area contributed by atoms with E-state index in [0.29, 0.717) is 31.5 Å². The zero-order valence-electron chi connectivity index (χ0n) is 12.5. The zero-order chi connectivity index (χ0) is 18.1. The van der Waals surface area contributed by atoms with Crippen LogP contribution in [0.4, 0.5) is 26.3 Å². The monoisotopic (exact) mass is 354 g/mol. The predicted octanol–water partition coefficient (Wildman–Crippen LogP) is 3.54. The first-order valence-corrected chi connectivity index (χ1v) is 7.31. The van der Waals surface area contributed by atoms with Crippen LogP contribution in [-0.2, 0) is 12.4 Å². The molecule has 1 saturated heterocycles. The highest BCUT2D eigenvalue weighted by atomic mass is 19.4. The van der Waals surface area contributed by atoms with Gasteiger partial charge in [0.1, 0.15) is 0 Å². The smallest absolute Gasteiger partial charge is 0.339 e. The third kappa shape index (κ3) is 4.19. The summed E-state index contributed by atoms with van der Waals surface area (Å²) in [5.74, 6) is -0.622. The number of amides is 1. The summed E-state index contributed by atoms with van der Waals surface area (Å²) in [6.45, 7) is 0.959. The second-order valence-electron chi connectivity index (χ2n) is 5.77. The SMILES string of the molecule is NCC1CCN(C(=O)c2cc(C(F)(F)F)cc(C(F)(F)F)c2)CC1. The molecule has 1 aromatic rings. The quantitative estimate of drug-likeness (QED) is 0.826. The fourth-order valence-electron chi connectivity index (χ4n) is 2.63. The van der Waals surface area contributed by atoms with Crippen molar-refractivity contribution in [2.45, 2.75) is 25.2 Å². The van der Waals surface area contributed by atoms with E-state index in [9.17, 15) is 31.1 Å². The number of nitrogens with two attached hydrogens (primary N) is 1. The molecule has 0 aromatic heterocycles. The largest absolute Gasteiger partial charge is 0.416 e. The Kier molecular flexibility index (Phi) is 5.12. The van der Waals surface area contributed by atoms with Gasteiger partial charge >= 0.3 is 12.4 Å². The Hall–Kier alpha value is -1.77. The molecule has 0 unspecified atom stereocenters. The second kappa shape index (κ2) is 6.62. The summed E-state index contributed by atoms with van der Waals surface area (Å²) in [6.07, 6.45) is -8.79. The third-order valence-electron chi connectivity index (χ3n) is 4.07. The number of hydrogen-bond acceptors (Lipinski definition) is 2. The maximum atomic E-state index is 12.8. The molecule has 2 rings (SSSR count). The molecule has 1 aliphatic heterocycles. The normalized spacial score (nSPS) is 17.2. The molecule has 0 radical (unpaired) electrons. The summed E-state index contributed by atoms with van der Waals surface area (Å²) in [4.78, 5) is 13.6. The molecule has 1 amide bonds. The Labute approximate surface area is 134 Å². The van der Waals surface area contributed by atoms with Crippen LogP contribution in [0.3, 0.4) is 0 Å². The number of rotatable bonds is 2. The summed E-state index contributed by atoms with van der Waals surface area (Å²) in [5.41, 5.74) is 1.93. The highest BCUT2D eigenvalue weighted by Crippen LogP contribution is 2.36. The summed E-state index contributed by atoms with van der Waals surface area (Å²) < 4.78 is 77.0. The Morgan fingerprint density at radius 3 is 1.83 bits per heavy atom. The number of hydrogen-bond donors (Lipinski definition) is 1. The summed E-state index contributed by atoms with van der Waals surface area (Å²) in [7, 11) is 0. The third-order valence-corrected chi connectivity index (χ3v) is 4.07. The van der Waals surface area contributed by atoms with E-state index in [4.69, 9.17) is 5.73 Å². The van der Waals surface area contributed by atoms with E-state index in [-0.39, 0.29) is 25.1 Å². The summed E-state index contributed by atoms with van der Waals surface area (Å²) >= 11 is 0.